The molecule has 0 aromatic heterocycles. The molecule has 0 aromatic rings. The molecule has 0 aliphatic rings. The molecular weight excluding hydrogens is 187 g/mol. The highest BCUT2D eigenvalue weighted by Gasteiger charge is 2.19. The lowest BCUT2D eigenvalue weighted by Gasteiger charge is -2.10. The van der Waals surface area contributed by atoms with Gasteiger partial charge < -0.3 is 20.8 Å². The van der Waals surface area contributed by atoms with E-state index in [0.29, 0.717) is 0 Å². The molecule has 1 amide bonds. The predicted molar refractivity (Wildman–Crippen MR) is 40.0 cm³/mol. The first kappa shape index (κ1) is 11.5. The van der Waals surface area contributed by atoms with E-state index in [1.54, 1.807) is 0 Å². The number of phosphoric acid groups is 1. The van der Waals surface area contributed by atoms with Crippen molar-refractivity contribution < 1.29 is 23.7 Å². The zero-order chi connectivity index (χ0) is 9.78. The van der Waals surface area contributed by atoms with Gasteiger partial charge in [-0.05, 0) is 0 Å². The van der Waals surface area contributed by atoms with Gasteiger partial charge in [0.2, 0.25) is 5.91 Å². The minimum atomic E-state index is -4.53. The third-order valence-corrected chi connectivity index (χ3v) is 1.49. The summed E-state index contributed by atoms with van der Waals surface area (Å²) in [6.07, 6.45) is 0. The van der Waals surface area contributed by atoms with Crippen LogP contribution >= 0.6 is 7.82 Å². The molecule has 0 aliphatic heterocycles. The summed E-state index contributed by atoms with van der Waals surface area (Å²) in [6.45, 7) is -0.510. The second-order valence-corrected chi connectivity index (χ2v) is 3.25. The van der Waals surface area contributed by atoms with Crippen LogP contribution in [-0.2, 0) is 13.9 Å². The van der Waals surface area contributed by atoms with Crippen LogP contribution < -0.4 is 11.1 Å². The molecule has 0 radical (unpaired) electrons. The zero-order valence-electron chi connectivity index (χ0n) is 6.43. The smallest absolute Gasteiger partial charge is 0.358 e. The summed E-state index contributed by atoms with van der Waals surface area (Å²) in [5, 5.41) is 2.20. The van der Waals surface area contributed by atoms with Gasteiger partial charge in [-0.2, -0.15) is 0 Å². The molecule has 0 aromatic carbocycles. The van der Waals surface area contributed by atoms with Gasteiger partial charge in [0, 0.05) is 7.05 Å². The number of amides is 1. The van der Waals surface area contributed by atoms with Crippen molar-refractivity contribution in [3.8, 4) is 0 Å². The molecule has 0 unspecified atom stereocenters. The van der Waals surface area contributed by atoms with Crippen LogP contribution in [0.1, 0.15) is 0 Å². The third kappa shape index (κ3) is 5.22. The molecule has 0 rings (SSSR count). The van der Waals surface area contributed by atoms with Crippen LogP contribution in [0, 0.1) is 0 Å². The fourth-order valence-electron chi connectivity index (χ4n) is 0.438. The van der Waals surface area contributed by atoms with Gasteiger partial charge in [-0.3, -0.25) is 9.32 Å². The van der Waals surface area contributed by atoms with Crippen LogP contribution in [0.2, 0.25) is 0 Å². The Balaban J connectivity index is 3.79. The number of carbonyl (C=O) groups is 1. The molecular formula is C4H11N2O5P. The van der Waals surface area contributed by atoms with Crippen molar-refractivity contribution in [1.82, 2.24) is 5.32 Å². The summed E-state index contributed by atoms with van der Waals surface area (Å²) >= 11 is 0. The first-order valence-corrected chi connectivity index (χ1v) is 4.57. The second kappa shape index (κ2) is 4.54. The normalized spacial score (nSPS) is 14.0. The largest absolute Gasteiger partial charge is 0.469 e. The van der Waals surface area contributed by atoms with Gasteiger partial charge >= 0.3 is 7.82 Å². The zero-order valence-corrected chi connectivity index (χ0v) is 7.32. The molecule has 8 heteroatoms. The Bertz CT molecular complexity index is 202. The molecule has 72 valence electrons. The van der Waals surface area contributed by atoms with E-state index in [4.69, 9.17) is 15.5 Å². The number of phosphoric ester groups is 1. The Morgan fingerprint density at radius 2 is 2.25 bits per heavy atom. The summed E-state index contributed by atoms with van der Waals surface area (Å²) in [7, 11) is -3.17. The first-order valence-electron chi connectivity index (χ1n) is 3.04. The number of rotatable bonds is 4. The highest BCUT2D eigenvalue weighted by Crippen LogP contribution is 2.35. The summed E-state index contributed by atoms with van der Waals surface area (Å²) in [5.41, 5.74) is 5.15. The van der Waals surface area contributed by atoms with E-state index < -0.39 is 26.4 Å². The van der Waals surface area contributed by atoms with E-state index in [1.165, 1.54) is 7.05 Å². The molecule has 1 atom stereocenters. The lowest BCUT2D eigenvalue weighted by atomic mass is 10.3. The fraction of sp³-hybridized carbons (Fsp3) is 0.750. The Labute approximate surface area is 69.1 Å². The maximum atomic E-state index is 10.7. The summed E-state index contributed by atoms with van der Waals surface area (Å²) in [6, 6.07) is -1.07. The van der Waals surface area contributed by atoms with Crippen LogP contribution in [0.15, 0.2) is 0 Å². The Kier molecular flexibility index (Phi) is 4.36. The molecule has 5 N–H and O–H groups in total. The average molecular weight is 198 g/mol. The SMILES string of the molecule is CNC(=O)[C@@H](N)COP(=O)(O)O. The molecule has 0 saturated heterocycles. The van der Waals surface area contributed by atoms with E-state index in [-0.39, 0.29) is 0 Å². The Hall–Kier alpha value is -0.460. The van der Waals surface area contributed by atoms with Gasteiger partial charge in [-0.1, -0.05) is 0 Å². The monoisotopic (exact) mass is 198 g/mol. The van der Waals surface area contributed by atoms with Crippen molar-refractivity contribution in [1.29, 1.82) is 0 Å². The minimum absolute atomic E-state index is 0.510. The molecule has 0 saturated carbocycles. The van der Waals surface area contributed by atoms with Crippen molar-refractivity contribution in [2.24, 2.45) is 5.73 Å². The van der Waals surface area contributed by atoms with Gasteiger partial charge in [0.25, 0.3) is 0 Å². The Morgan fingerprint density at radius 1 is 1.75 bits per heavy atom. The number of hydrogen-bond donors (Lipinski definition) is 4. The van der Waals surface area contributed by atoms with Gasteiger partial charge in [0.15, 0.2) is 0 Å². The quantitative estimate of drug-likeness (QED) is 0.394. The van der Waals surface area contributed by atoms with E-state index in [2.05, 4.69) is 9.84 Å². The van der Waals surface area contributed by atoms with Gasteiger partial charge in [0.1, 0.15) is 6.04 Å². The number of nitrogens with two attached hydrogens (primary N) is 1. The van der Waals surface area contributed by atoms with Gasteiger partial charge in [0.05, 0.1) is 6.61 Å². The highest BCUT2D eigenvalue weighted by atomic mass is 31.2. The van der Waals surface area contributed by atoms with Gasteiger partial charge in [-0.15, -0.1) is 0 Å². The molecule has 0 heterocycles. The van der Waals surface area contributed by atoms with Gasteiger partial charge in [-0.25, -0.2) is 4.57 Å². The lowest BCUT2D eigenvalue weighted by molar-refractivity contribution is -0.122. The number of nitrogens with one attached hydrogen (secondary N) is 1. The first-order chi connectivity index (χ1) is 5.37. The van der Waals surface area contributed by atoms with Crippen molar-refractivity contribution in [2.45, 2.75) is 6.04 Å². The highest BCUT2D eigenvalue weighted by molar-refractivity contribution is 7.46. The van der Waals surface area contributed by atoms with Crippen LogP contribution in [-0.4, -0.2) is 35.4 Å². The molecule has 0 bridgehead atoms. The third-order valence-electron chi connectivity index (χ3n) is 1.01. The van der Waals surface area contributed by atoms with Crippen LogP contribution in [0.5, 0.6) is 0 Å². The average Bonchev–Trinajstić information content (AvgIpc) is 1.97. The second-order valence-electron chi connectivity index (χ2n) is 2.01. The van der Waals surface area contributed by atoms with Crippen molar-refractivity contribution in [3.05, 3.63) is 0 Å². The van der Waals surface area contributed by atoms with Crippen LogP contribution in [0.25, 0.3) is 0 Å². The predicted octanol–water partition coefficient (Wildman–Crippen LogP) is -1.83. The van der Waals surface area contributed by atoms with E-state index >= 15 is 0 Å². The molecule has 7 nitrogen and oxygen atoms in total. The molecule has 0 aliphatic carbocycles. The Morgan fingerprint density at radius 3 is 2.58 bits per heavy atom. The lowest BCUT2D eigenvalue weighted by Crippen LogP contribution is -2.41. The standard InChI is InChI=1S/C4H11N2O5P/c1-6-4(7)3(5)2-11-12(8,9)10/h3H,2,5H2,1H3,(H,6,7)(H2,8,9,10)/t3-/m0/s1. The maximum absolute atomic E-state index is 10.7. The van der Waals surface area contributed by atoms with Crippen molar-refractivity contribution in [3.63, 3.8) is 0 Å². The number of likely N-dealkylation sites (N-methyl/N-ethyl adjacent to an activating group) is 1. The van der Waals surface area contributed by atoms with E-state index in [0.717, 1.165) is 0 Å². The van der Waals surface area contributed by atoms with Crippen LogP contribution in [0.3, 0.4) is 0 Å². The summed E-state index contributed by atoms with van der Waals surface area (Å²) < 4.78 is 14.1. The summed E-state index contributed by atoms with van der Waals surface area (Å²) in [4.78, 5) is 27.1. The van der Waals surface area contributed by atoms with E-state index in [9.17, 15) is 9.36 Å². The molecule has 0 spiro atoms. The van der Waals surface area contributed by atoms with Crippen molar-refractivity contribution in [2.75, 3.05) is 13.7 Å². The molecule has 0 fully saturated rings. The fourth-order valence-corrected chi connectivity index (χ4v) is 0.793. The maximum Gasteiger partial charge on any atom is 0.469 e. The minimum Gasteiger partial charge on any atom is -0.358 e. The number of carbonyl (C=O) groups excluding carboxylic acids is 1. The summed E-state index contributed by atoms with van der Waals surface area (Å²) in [5.74, 6) is -0.538. The molecule has 12 heavy (non-hydrogen) atoms. The topological polar surface area (TPSA) is 122 Å². The van der Waals surface area contributed by atoms with E-state index in [1.807, 2.05) is 0 Å². The van der Waals surface area contributed by atoms with Crippen LogP contribution in [0.4, 0.5) is 0 Å². The number of hydrogen-bond acceptors (Lipinski definition) is 4. The van der Waals surface area contributed by atoms with Crippen molar-refractivity contribution >= 4 is 13.7 Å².